The van der Waals surface area contributed by atoms with Crippen molar-refractivity contribution in [2.75, 3.05) is 33.0 Å². The number of hydrogen-bond donors (Lipinski definition) is 1. The summed E-state index contributed by atoms with van der Waals surface area (Å²) in [4.78, 5) is 21.1. The second kappa shape index (κ2) is 14.0. The third kappa shape index (κ3) is 14.7. The number of hydrogen-bond acceptors (Lipinski definition) is 5. The Labute approximate surface area is 119 Å². The van der Waals surface area contributed by atoms with E-state index in [1.54, 1.807) is 0 Å². The van der Waals surface area contributed by atoms with E-state index in [-0.39, 0.29) is 13.2 Å². The lowest BCUT2D eigenvalue weighted by Gasteiger charge is -2.06. The molecule has 0 saturated carbocycles. The molecule has 0 amide bonds. The first kappa shape index (κ1) is 18.6. The van der Waals surface area contributed by atoms with E-state index < -0.39 is 11.9 Å². The smallest absolute Gasteiger partial charge is 0.331 e. The summed E-state index contributed by atoms with van der Waals surface area (Å²) in [7, 11) is 0. The van der Waals surface area contributed by atoms with Crippen molar-refractivity contribution in [3.63, 3.8) is 0 Å². The Hall–Kier alpha value is -1.40. The Morgan fingerprint density at radius 3 is 2.20 bits per heavy atom. The number of carbonyl (C=O) groups excluding carboxylic acids is 1. The Kier molecular flexibility index (Phi) is 13.0. The molecule has 0 bridgehead atoms. The van der Waals surface area contributed by atoms with Gasteiger partial charge in [0.05, 0.1) is 19.8 Å². The van der Waals surface area contributed by atoms with Crippen LogP contribution in [-0.4, -0.2) is 50.1 Å². The zero-order valence-electron chi connectivity index (χ0n) is 12.0. The predicted octanol–water partition coefficient (Wildman–Crippen LogP) is 1.78. The summed E-state index contributed by atoms with van der Waals surface area (Å²) in [6, 6.07) is 0. The van der Waals surface area contributed by atoms with Gasteiger partial charge in [0.2, 0.25) is 0 Å². The number of rotatable bonds is 13. The van der Waals surface area contributed by atoms with Crippen LogP contribution in [0.1, 0.15) is 32.6 Å². The summed E-state index contributed by atoms with van der Waals surface area (Å²) in [6.45, 7) is 4.26. The minimum absolute atomic E-state index is 0.0965. The monoisotopic (exact) mass is 288 g/mol. The van der Waals surface area contributed by atoms with Crippen LogP contribution in [-0.2, 0) is 23.8 Å². The zero-order chi connectivity index (χ0) is 15.1. The second-order valence-corrected chi connectivity index (χ2v) is 4.12. The van der Waals surface area contributed by atoms with Crippen molar-refractivity contribution in [2.45, 2.75) is 32.6 Å². The number of aliphatic carboxylic acids is 1. The van der Waals surface area contributed by atoms with Crippen molar-refractivity contribution < 1.29 is 28.9 Å². The molecule has 0 aliphatic rings. The number of esters is 1. The van der Waals surface area contributed by atoms with E-state index in [1.807, 2.05) is 0 Å². The Balaban J connectivity index is 3.20. The Bertz CT molecular complexity index is 287. The molecule has 0 unspecified atom stereocenters. The molecule has 116 valence electrons. The molecule has 0 aliphatic heterocycles. The molecule has 0 rings (SSSR count). The normalized spacial score (nSPS) is 10.8. The molecule has 0 aromatic rings. The van der Waals surface area contributed by atoms with Crippen LogP contribution in [0, 0.1) is 0 Å². The highest BCUT2D eigenvalue weighted by molar-refractivity contribution is 5.90. The van der Waals surface area contributed by atoms with Crippen molar-refractivity contribution in [1.82, 2.24) is 0 Å². The minimum Gasteiger partial charge on any atom is -0.478 e. The maximum atomic E-state index is 11.0. The minimum atomic E-state index is -1.19. The van der Waals surface area contributed by atoms with Crippen LogP contribution < -0.4 is 0 Å². The fraction of sp³-hybridized carbons (Fsp3) is 0.714. The number of ether oxygens (including phenoxy) is 3. The van der Waals surface area contributed by atoms with E-state index in [9.17, 15) is 9.59 Å². The van der Waals surface area contributed by atoms with Crippen LogP contribution in [0.3, 0.4) is 0 Å². The summed E-state index contributed by atoms with van der Waals surface area (Å²) in [5.74, 6) is -1.88. The van der Waals surface area contributed by atoms with Gasteiger partial charge in [-0.25, -0.2) is 9.59 Å². The van der Waals surface area contributed by atoms with Crippen LogP contribution in [0.25, 0.3) is 0 Å². The largest absolute Gasteiger partial charge is 0.478 e. The number of carbonyl (C=O) groups is 2. The topological polar surface area (TPSA) is 82.1 Å². The molecule has 0 atom stereocenters. The van der Waals surface area contributed by atoms with E-state index in [4.69, 9.17) is 19.3 Å². The van der Waals surface area contributed by atoms with Crippen LogP contribution >= 0.6 is 0 Å². The van der Waals surface area contributed by atoms with E-state index in [0.29, 0.717) is 13.2 Å². The van der Waals surface area contributed by atoms with Crippen LogP contribution in [0.5, 0.6) is 0 Å². The zero-order valence-corrected chi connectivity index (χ0v) is 12.0. The van der Waals surface area contributed by atoms with Gasteiger partial charge in [0.1, 0.15) is 6.61 Å². The van der Waals surface area contributed by atoms with E-state index in [0.717, 1.165) is 25.2 Å². The van der Waals surface area contributed by atoms with Gasteiger partial charge in [0.15, 0.2) is 0 Å². The Morgan fingerprint density at radius 2 is 1.55 bits per heavy atom. The molecule has 0 aromatic carbocycles. The SMILES string of the molecule is CCCCCCOCCOCCOC(=O)/C=C\C(=O)O. The second-order valence-electron chi connectivity index (χ2n) is 4.12. The molecular formula is C14H24O6. The summed E-state index contributed by atoms with van der Waals surface area (Å²) in [6.07, 6.45) is 6.31. The molecule has 6 nitrogen and oxygen atoms in total. The highest BCUT2D eigenvalue weighted by atomic mass is 16.6. The number of carboxylic acids is 1. The number of unbranched alkanes of at least 4 members (excludes halogenated alkanes) is 3. The van der Waals surface area contributed by atoms with Gasteiger partial charge in [-0.2, -0.15) is 0 Å². The highest BCUT2D eigenvalue weighted by Gasteiger charge is 1.98. The van der Waals surface area contributed by atoms with Crippen molar-refractivity contribution >= 4 is 11.9 Å². The lowest BCUT2D eigenvalue weighted by Crippen LogP contribution is -2.12. The molecule has 0 radical (unpaired) electrons. The van der Waals surface area contributed by atoms with Gasteiger partial charge in [-0.05, 0) is 6.42 Å². The molecule has 6 heteroatoms. The summed E-state index contributed by atoms with van der Waals surface area (Å²) in [5.41, 5.74) is 0. The fourth-order valence-electron chi connectivity index (χ4n) is 1.34. The molecule has 0 fully saturated rings. The summed E-state index contributed by atoms with van der Waals surface area (Å²) < 4.78 is 15.3. The third-order valence-electron chi connectivity index (χ3n) is 2.35. The predicted molar refractivity (Wildman–Crippen MR) is 73.5 cm³/mol. The standard InChI is InChI=1S/C14H24O6/c1-2-3-4-5-8-18-9-10-19-11-12-20-14(17)7-6-13(15)16/h6-7H,2-5,8-12H2,1H3,(H,15,16)/b7-6-. The lowest BCUT2D eigenvalue weighted by atomic mass is 10.2. The van der Waals surface area contributed by atoms with Gasteiger partial charge >= 0.3 is 11.9 Å². The van der Waals surface area contributed by atoms with Gasteiger partial charge in [-0.3, -0.25) is 0 Å². The first-order valence-electron chi connectivity index (χ1n) is 6.90. The average Bonchev–Trinajstić information content (AvgIpc) is 2.42. The lowest BCUT2D eigenvalue weighted by molar-refractivity contribution is -0.140. The average molecular weight is 288 g/mol. The molecular weight excluding hydrogens is 264 g/mol. The van der Waals surface area contributed by atoms with Gasteiger partial charge in [-0.1, -0.05) is 26.2 Å². The van der Waals surface area contributed by atoms with Gasteiger partial charge < -0.3 is 19.3 Å². The molecule has 0 aromatic heterocycles. The number of carboxylic acid groups (broad SMARTS) is 1. The maximum absolute atomic E-state index is 11.0. The molecule has 0 spiro atoms. The molecule has 0 saturated heterocycles. The quantitative estimate of drug-likeness (QED) is 0.316. The van der Waals surface area contributed by atoms with Crippen molar-refractivity contribution in [3.8, 4) is 0 Å². The van der Waals surface area contributed by atoms with Crippen molar-refractivity contribution in [1.29, 1.82) is 0 Å². The first-order chi connectivity index (χ1) is 9.66. The van der Waals surface area contributed by atoms with Crippen molar-refractivity contribution in [3.05, 3.63) is 12.2 Å². The van der Waals surface area contributed by atoms with Crippen LogP contribution in [0.2, 0.25) is 0 Å². The fourth-order valence-corrected chi connectivity index (χ4v) is 1.34. The maximum Gasteiger partial charge on any atom is 0.331 e. The molecule has 0 aliphatic carbocycles. The van der Waals surface area contributed by atoms with Crippen LogP contribution in [0.4, 0.5) is 0 Å². The van der Waals surface area contributed by atoms with E-state index in [2.05, 4.69) is 6.92 Å². The van der Waals surface area contributed by atoms with Crippen molar-refractivity contribution in [2.24, 2.45) is 0 Å². The molecule has 20 heavy (non-hydrogen) atoms. The van der Waals surface area contributed by atoms with Gasteiger partial charge in [0, 0.05) is 18.8 Å². The first-order valence-corrected chi connectivity index (χ1v) is 6.90. The Morgan fingerprint density at radius 1 is 0.900 bits per heavy atom. The van der Waals surface area contributed by atoms with E-state index >= 15 is 0 Å². The molecule has 1 N–H and O–H groups in total. The third-order valence-corrected chi connectivity index (χ3v) is 2.35. The summed E-state index contributed by atoms with van der Waals surface area (Å²) in [5, 5.41) is 8.29. The van der Waals surface area contributed by atoms with Gasteiger partial charge in [0.25, 0.3) is 0 Å². The van der Waals surface area contributed by atoms with Gasteiger partial charge in [-0.15, -0.1) is 0 Å². The summed E-state index contributed by atoms with van der Waals surface area (Å²) >= 11 is 0. The highest BCUT2D eigenvalue weighted by Crippen LogP contribution is 1.98. The van der Waals surface area contributed by atoms with E-state index in [1.165, 1.54) is 19.3 Å². The van der Waals surface area contributed by atoms with Crippen LogP contribution in [0.15, 0.2) is 12.2 Å². The molecule has 0 heterocycles.